The van der Waals surface area contributed by atoms with E-state index in [9.17, 15) is 5.11 Å². The van der Waals surface area contributed by atoms with Gasteiger partial charge in [-0.25, -0.2) is 9.59 Å². The third-order valence-electron chi connectivity index (χ3n) is 5.03. The van der Waals surface area contributed by atoms with Crippen LogP contribution in [0, 0.1) is 11.8 Å². The second-order valence-electron chi connectivity index (χ2n) is 7.15. The summed E-state index contributed by atoms with van der Waals surface area (Å²) in [5.74, 6) is -2.21. The molecule has 1 aromatic rings. The van der Waals surface area contributed by atoms with Crippen LogP contribution in [0.1, 0.15) is 38.7 Å². The van der Waals surface area contributed by atoms with Crippen molar-refractivity contribution in [3.05, 3.63) is 34.9 Å². The quantitative estimate of drug-likeness (QED) is 0.506. The first-order chi connectivity index (χ1) is 13.2. The van der Waals surface area contributed by atoms with Crippen molar-refractivity contribution in [3.63, 3.8) is 0 Å². The molecule has 0 radical (unpaired) electrons. The normalized spacial score (nSPS) is 22.6. The highest BCUT2D eigenvalue weighted by atomic mass is 35.5. The molecule has 0 saturated heterocycles. The number of ether oxygens (including phenoxy) is 1. The highest BCUT2D eigenvalue weighted by Gasteiger charge is 2.26. The summed E-state index contributed by atoms with van der Waals surface area (Å²) < 4.78 is 5.58. The summed E-state index contributed by atoms with van der Waals surface area (Å²) in [6, 6.07) is 8.15. The van der Waals surface area contributed by atoms with Gasteiger partial charge in [0.1, 0.15) is 0 Å². The van der Waals surface area contributed by atoms with Gasteiger partial charge < -0.3 is 25.4 Å². The van der Waals surface area contributed by atoms with Crippen LogP contribution in [0.4, 0.5) is 0 Å². The minimum atomic E-state index is -1.82. The zero-order valence-corrected chi connectivity index (χ0v) is 17.1. The van der Waals surface area contributed by atoms with Gasteiger partial charge in [-0.3, -0.25) is 0 Å². The molecule has 1 aliphatic rings. The third-order valence-corrected chi connectivity index (χ3v) is 5.40. The Hall–Kier alpha value is -1.67. The predicted molar refractivity (Wildman–Crippen MR) is 106 cm³/mol. The van der Waals surface area contributed by atoms with E-state index in [0.717, 1.165) is 11.5 Å². The molecule has 1 aliphatic carbocycles. The minimum Gasteiger partial charge on any atom is -0.473 e. The lowest BCUT2D eigenvalue weighted by Gasteiger charge is -2.35. The molecule has 0 spiro atoms. The standard InChI is InChI=1S/C18H28ClNO2.C2H2O4/c1-13-6-5-9-18(14(13)2)20-10-16(21)12-22-11-15-7-3-4-8-17(15)19;3-1(4)2(5)6/h3-4,7-8,13-14,16,18,20-21H,5-6,9-12H2,1-2H3;(H,3,4)(H,5,6). The number of nitrogens with one attached hydrogen (secondary N) is 1. The summed E-state index contributed by atoms with van der Waals surface area (Å²) >= 11 is 6.08. The summed E-state index contributed by atoms with van der Waals surface area (Å²) in [6.45, 7) is 5.98. The van der Waals surface area contributed by atoms with Crippen molar-refractivity contribution < 1.29 is 29.6 Å². The molecule has 4 N–H and O–H groups in total. The Morgan fingerprint density at radius 3 is 2.46 bits per heavy atom. The zero-order chi connectivity index (χ0) is 21.1. The summed E-state index contributed by atoms with van der Waals surface area (Å²) in [4.78, 5) is 18.2. The first kappa shape index (κ1) is 24.4. The molecule has 4 unspecified atom stereocenters. The fraction of sp³-hybridized carbons (Fsp3) is 0.600. The van der Waals surface area contributed by atoms with Crippen LogP contribution < -0.4 is 5.32 Å². The Labute approximate surface area is 170 Å². The number of carbonyl (C=O) groups is 2. The first-order valence-electron chi connectivity index (χ1n) is 9.41. The van der Waals surface area contributed by atoms with E-state index >= 15 is 0 Å². The van der Waals surface area contributed by atoms with Crippen molar-refractivity contribution in [2.24, 2.45) is 11.8 Å². The van der Waals surface area contributed by atoms with Gasteiger partial charge in [0.05, 0.1) is 19.3 Å². The molecule has 7 nitrogen and oxygen atoms in total. The lowest BCUT2D eigenvalue weighted by Crippen LogP contribution is -2.44. The summed E-state index contributed by atoms with van der Waals surface area (Å²) in [5.41, 5.74) is 0.957. The van der Waals surface area contributed by atoms with Crippen LogP contribution in [-0.4, -0.2) is 52.6 Å². The van der Waals surface area contributed by atoms with Gasteiger partial charge in [-0.05, 0) is 29.9 Å². The Morgan fingerprint density at radius 1 is 1.21 bits per heavy atom. The number of benzene rings is 1. The number of hydrogen-bond donors (Lipinski definition) is 4. The van der Waals surface area contributed by atoms with Crippen LogP contribution in [0.3, 0.4) is 0 Å². The molecule has 28 heavy (non-hydrogen) atoms. The van der Waals surface area contributed by atoms with E-state index in [1.165, 1.54) is 19.3 Å². The van der Waals surface area contributed by atoms with Crippen LogP contribution in [0.25, 0.3) is 0 Å². The molecule has 4 atom stereocenters. The summed E-state index contributed by atoms with van der Waals surface area (Å²) in [5, 5.41) is 29.1. The van der Waals surface area contributed by atoms with Gasteiger partial charge >= 0.3 is 11.9 Å². The Balaban J connectivity index is 0.000000568. The van der Waals surface area contributed by atoms with Crippen molar-refractivity contribution in [2.75, 3.05) is 13.2 Å². The largest absolute Gasteiger partial charge is 0.473 e. The smallest absolute Gasteiger partial charge is 0.414 e. The Bertz CT molecular complexity index is 614. The van der Waals surface area contributed by atoms with E-state index in [0.29, 0.717) is 36.7 Å². The van der Waals surface area contributed by atoms with Crippen molar-refractivity contribution >= 4 is 23.5 Å². The topological polar surface area (TPSA) is 116 Å². The molecule has 0 aromatic heterocycles. The van der Waals surface area contributed by atoms with Crippen molar-refractivity contribution in [1.82, 2.24) is 5.32 Å². The van der Waals surface area contributed by atoms with E-state index < -0.39 is 18.0 Å². The number of aliphatic hydroxyl groups is 1. The van der Waals surface area contributed by atoms with Gasteiger partial charge in [-0.1, -0.05) is 56.5 Å². The fourth-order valence-electron chi connectivity index (χ4n) is 3.14. The highest BCUT2D eigenvalue weighted by Crippen LogP contribution is 2.29. The third kappa shape index (κ3) is 9.01. The van der Waals surface area contributed by atoms with Crippen LogP contribution in [0.2, 0.25) is 5.02 Å². The number of hydrogen-bond acceptors (Lipinski definition) is 5. The number of aliphatic hydroxyl groups excluding tert-OH is 1. The molecular formula is C20H30ClNO6. The molecule has 0 bridgehead atoms. The molecule has 1 aromatic carbocycles. The van der Waals surface area contributed by atoms with Gasteiger partial charge in [0.2, 0.25) is 0 Å². The molecular weight excluding hydrogens is 386 g/mol. The predicted octanol–water partition coefficient (Wildman–Crippen LogP) is 2.79. The molecule has 1 fully saturated rings. The van der Waals surface area contributed by atoms with Crippen molar-refractivity contribution in [2.45, 2.75) is 51.9 Å². The van der Waals surface area contributed by atoms with E-state index in [2.05, 4.69) is 19.2 Å². The maximum absolute atomic E-state index is 10.1. The molecule has 1 saturated carbocycles. The lowest BCUT2D eigenvalue weighted by atomic mass is 9.78. The van der Waals surface area contributed by atoms with E-state index in [1.807, 2.05) is 24.3 Å². The fourth-order valence-corrected chi connectivity index (χ4v) is 3.33. The SMILES string of the molecule is CC1CCCC(NCC(O)COCc2ccccc2Cl)C1C.O=C(O)C(=O)O. The van der Waals surface area contributed by atoms with Crippen LogP contribution in [0.5, 0.6) is 0 Å². The summed E-state index contributed by atoms with van der Waals surface area (Å²) in [7, 11) is 0. The molecule has 0 aliphatic heterocycles. The molecule has 8 heteroatoms. The van der Waals surface area contributed by atoms with E-state index in [1.54, 1.807) is 0 Å². The average molecular weight is 416 g/mol. The van der Waals surface area contributed by atoms with E-state index in [4.69, 9.17) is 36.1 Å². The molecule has 0 heterocycles. The van der Waals surface area contributed by atoms with Gasteiger partial charge in [0.25, 0.3) is 0 Å². The first-order valence-corrected chi connectivity index (χ1v) is 9.79. The van der Waals surface area contributed by atoms with Crippen LogP contribution in [-0.2, 0) is 20.9 Å². The monoisotopic (exact) mass is 415 g/mol. The lowest BCUT2D eigenvalue weighted by molar-refractivity contribution is -0.159. The van der Waals surface area contributed by atoms with Gasteiger partial charge in [-0.2, -0.15) is 0 Å². The minimum absolute atomic E-state index is 0.328. The van der Waals surface area contributed by atoms with Gasteiger partial charge in [0, 0.05) is 17.6 Å². The number of aliphatic carboxylic acids is 2. The van der Waals surface area contributed by atoms with Crippen LogP contribution in [0.15, 0.2) is 24.3 Å². The number of carboxylic acids is 2. The maximum atomic E-state index is 10.1. The number of rotatable bonds is 7. The average Bonchev–Trinajstić information content (AvgIpc) is 2.65. The Kier molecular flexibility index (Phi) is 11.1. The second-order valence-corrected chi connectivity index (χ2v) is 7.56. The van der Waals surface area contributed by atoms with Crippen molar-refractivity contribution in [1.29, 1.82) is 0 Å². The van der Waals surface area contributed by atoms with Gasteiger partial charge in [-0.15, -0.1) is 0 Å². The highest BCUT2D eigenvalue weighted by molar-refractivity contribution is 6.31. The van der Waals surface area contributed by atoms with Crippen molar-refractivity contribution in [3.8, 4) is 0 Å². The molecule has 0 amide bonds. The number of carboxylic acid groups (broad SMARTS) is 2. The van der Waals surface area contributed by atoms with Gasteiger partial charge in [0.15, 0.2) is 0 Å². The molecule has 158 valence electrons. The van der Waals surface area contributed by atoms with E-state index in [-0.39, 0.29) is 0 Å². The second kappa shape index (κ2) is 12.7. The Morgan fingerprint density at radius 2 is 1.86 bits per heavy atom. The zero-order valence-electron chi connectivity index (χ0n) is 16.3. The summed E-state index contributed by atoms with van der Waals surface area (Å²) in [6.07, 6.45) is 3.33. The number of halogens is 1. The molecule has 2 rings (SSSR count). The maximum Gasteiger partial charge on any atom is 0.414 e. The van der Waals surface area contributed by atoms with Crippen LogP contribution >= 0.6 is 11.6 Å².